The number of rotatable bonds is 3. The van der Waals surface area contributed by atoms with E-state index in [2.05, 4.69) is 42.0 Å². The zero-order valence-electron chi connectivity index (χ0n) is 8.70. The summed E-state index contributed by atoms with van der Waals surface area (Å²) in [4.78, 5) is 1.33. The summed E-state index contributed by atoms with van der Waals surface area (Å²) in [5.74, 6) is 0.528. The fourth-order valence-electron chi connectivity index (χ4n) is 1.25. The highest BCUT2D eigenvalue weighted by atomic mass is 32.1. The molecule has 78 valence electrons. The second kappa shape index (κ2) is 5.32. The van der Waals surface area contributed by atoms with Gasteiger partial charge in [-0.3, -0.25) is 0 Å². The molecule has 0 aliphatic carbocycles. The lowest BCUT2D eigenvalue weighted by molar-refractivity contribution is 0.477. The third kappa shape index (κ3) is 2.96. The SMILES string of the molecule is CNC(=S)NC(c1cccs1)C(C)C. The Labute approximate surface area is 94.7 Å². The Bertz CT molecular complexity index is 280. The summed E-state index contributed by atoms with van der Waals surface area (Å²) in [7, 11) is 1.83. The van der Waals surface area contributed by atoms with Crippen molar-refractivity contribution in [3.05, 3.63) is 22.4 Å². The van der Waals surface area contributed by atoms with Crippen LogP contribution in [0, 0.1) is 5.92 Å². The van der Waals surface area contributed by atoms with Gasteiger partial charge in [0.1, 0.15) is 0 Å². The van der Waals surface area contributed by atoms with Crippen LogP contribution in [0.25, 0.3) is 0 Å². The molecule has 0 aromatic carbocycles. The van der Waals surface area contributed by atoms with E-state index in [0.29, 0.717) is 17.1 Å². The van der Waals surface area contributed by atoms with Crippen LogP contribution in [0.4, 0.5) is 0 Å². The van der Waals surface area contributed by atoms with Gasteiger partial charge in [0.25, 0.3) is 0 Å². The average Bonchev–Trinajstić information content (AvgIpc) is 2.65. The molecule has 0 amide bonds. The van der Waals surface area contributed by atoms with Crippen molar-refractivity contribution in [2.75, 3.05) is 7.05 Å². The Morgan fingerprint density at radius 3 is 2.64 bits per heavy atom. The summed E-state index contributed by atoms with van der Waals surface area (Å²) >= 11 is 6.87. The fourth-order valence-corrected chi connectivity index (χ4v) is 2.32. The van der Waals surface area contributed by atoms with E-state index < -0.39 is 0 Å². The minimum atomic E-state index is 0.315. The second-order valence-corrected chi connectivity index (χ2v) is 4.85. The van der Waals surface area contributed by atoms with E-state index in [1.807, 2.05) is 7.05 Å². The first kappa shape index (κ1) is 11.5. The molecule has 0 fully saturated rings. The first-order chi connectivity index (χ1) is 6.65. The van der Waals surface area contributed by atoms with E-state index in [9.17, 15) is 0 Å². The van der Waals surface area contributed by atoms with E-state index in [-0.39, 0.29) is 0 Å². The zero-order chi connectivity index (χ0) is 10.6. The van der Waals surface area contributed by atoms with Gasteiger partial charge in [-0.15, -0.1) is 11.3 Å². The van der Waals surface area contributed by atoms with Crippen LogP contribution >= 0.6 is 23.6 Å². The Kier molecular flexibility index (Phi) is 4.35. The smallest absolute Gasteiger partial charge is 0.166 e. The fraction of sp³-hybridized carbons (Fsp3) is 0.500. The summed E-state index contributed by atoms with van der Waals surface area (Å²) in [5.41, 5.74) is 0. The summed E-state index contributed by atoms with van der Waals surface area (Å²) < 4.78 is 0. The van der Waals surface area contributed by atoms with Crippen molar-refractivity contribution in [3.63, 3.8) is 0 Å². The zero-order valence-corrected chi connectivity index (χ0v) is 10.3. The van der Waals surface area contributed by atoms with Gasteiger partial charge in [-0.25, -0.2) is 0 Å². The standard InChI is InChI=1S/C10H16N2S2/c1-7(2)9(12-10(13)11-3)8-5-4-6-14-8/h4-7,9H,1-3H3,(H2,11,12,13). The van der Waals surface area contributed by atoms with Crippen LogP contribution in [-0.4, -0.2) is 12.2 Å². The third-order valence-electron chi connectivity index (χ3n) is 2.03. The number of hydrogen-bond acceptors (Lipinski definition) is 2. The van der Waals surface area contributed by atoms with Crippen molar-refractivity contribution in [2.45, 2.75) is 19.9 Å². The number of thiophene rings is 1. The van der Waals surface area contributed by atoms with Gasteiger partial charge in [0.2, 0.25) is 0 Å². The Hall–Kier alpha value is -0.610. The molecule has 0 bridgehead atoms. The molecule has 0 aliphatic heterocycles. The molecule has 1 aromatic heterocycles. The van der Waals surface area contributed by atoms with Crippen LogP contribution in [0.15, 0.2) is 17.5 Å². The highest BCUT2D eigenvalue weighted by Gasteiger charge is 2.16. The van der Waals surface area contributed by atoms with Crippen molar-refractivity contribution in [2.24, 2.45) is 5.92 Å². The molecule has 0 saturated heterocycles. The molecule has 0 saturated carbocycles. The Morgan fingerprint density at radius 1 is 1.50 bits per heavy atom. The van der Waals surface area contributed by atoms with Gasteiger partial charge in [-0.1, -0.05) is 19.9 Å². The second-order valence-electron chi connectivity index (χ2n) is 3.46. The minimum absolute atomic E-state index is 0.315. The van der Waals surface area contributed by atoms with Crippen LogP contribution in [0.2, 0.25) is 0 Å². The van der Waals surface area contributed by atoms with Crippen LogP contribution in [0.3, 0.4) is 0 Å². The third-order valence-corrected chi connectivity index (χ3v) is 3.31. The Balaban J connectivity index is 2.70. The van der Waals surface area contributed by atoms with Crippen LogP contribution in [0.5, 0.6) is 0 Å². The highest BCUT2D eigenvalue weighted by Crippen LogP contribution is 2.25. The summed E-state index contributed by atoms with van der Waals surface area (Å²) in [6.07, 6.45) is 0. The summed E-state index contributed by atoms with van der Waals surface area (Å²) in [6.45, 7) is 4.38. The minimum Gasteiger partial charge on any atom is -0.366 e. The molecule has 14 heavy (non-hydrogen) atoms. The van der Waals surface area contributed by atoms with E-state index in [0.717, 1.165) is 0 Å². The van der Waals surface area contributed by atoms with E-state index in [4.69, 9.17) is 12.2 Å². The number of thiocarbonyl (C=S) groups is 1. The molecule has 1 atom stereocenters. The molecule has 2 N–H and O–H groups in total. The lowest BCUT2D eigenvalue weighted by Gasteiger charge is -2.22. The van der Waals surface area contributed by atoms with Crippen LogP contribution in [0.1, 0.15) is 24.8 Å². The molecule has 0 spiro atoms. The largest absolute Gasteiger partial charge is 0.366 e. The normalized spacial score (nSPS) is 12.6. The first-order valence-electron chi connectivity index (χ1n) is 4.66. The predicted octanol–water partition coefficient (Wildman–Crippen LogP) is 2.54. The molecule has 2 nitrogen and oxygen atoms in total. The molecule has 1 unspecified atom stereocenters. The van der Waals surface area contributed by atoms with Crippen molar-refractivity contribution >= 4 is 28.7 Å². The summed E-state index contributed by atoms with van der Waals surface area (Å²) in [6, 6.07) is 4.52. The van der Waals surface area contributed by atoms with E-state index in [1.165, 1.54) is 4.88 Å². The lowest BCUT2D eigenvalue weighted by atomic mass is 10.0. The van der Waals surface area contributed by atoms with Gasteiger partial charge in [-0.2, -0.15) is 0 Å². The molecule has 0 aliphatic rings. The predicted molar refractivity (Wildman–Crippen MR) is 66.7 cm³/mol. The van der Waals surface area contributed by atoms with Crippen molar-refractivity contribution < 1.29 is 0 Å². The maximum atomic E-state index is 5.11. The molecule has 0 radical (unpaired) electrons. The molecule has 1 rings (SSSR count). The van der Waals surface area contributed by atoms with Crippen LogP contribution in [-0.2, 0) is 0 Å². The maximum Gasteiger partial charge on any atom is 0.166 e. The number of hydrogen-bond donors (Lipinski definition) is 2. The molecule has 4 heteroatoms. The van der Waals surface area contributed by atoms with Gasteiger partial charge < -0.3 is 10.6 Å². The maximum absolute atomic E-state index is 5.11. The van der Waals surface area contributed by atoms with Crippen molar-refractivity contribution in [1.82, 2.24) is 10.6 Å². The Morgan fingerprint density at radius 2 is 2.21 bits per heavy atom. The number of nitrogens with one attached hydrogen (secondary N) is 2. The quantitative estimate of drug-likeness (QED) is 0.778. The van der Waals surface area contributed by atoms with Crippen molar-refractivity contribution in [1.29, 1.82) is 0 Å². The van der Waals surface area contributed by atoms with Gasteiger partial charge in [-0.05, 0) is 29.6 Å². The topological polar surface area (TPSA) is 24.1 Å². The van der Waals surface area contributed by atoms with Gasteiger partial charge >= 0.3 is 0 Å². The molecule has 1 aromatic rings. The van der Waals surface area contributed by atoms with Gasteiger partial charge in [0, 0.05) is 11.9 Å². The van der Waals surface area contributed by atoms with Gasteiger partial charge in [0.15, 0.2) is 5.11 Å². The van der Waals surface area contributed by atoms with E-state index >= 15 is 0 Å². The molecular weight excluding hydrogens is 212 g/mol. The molecular formula is C10H16N2S2. The van der Waals surface area contributed by atoms with Crippen molar-refractivity contribution in [3.8, 4) is 0 Å². The first-order valence-corrected chi connectivity index (χ1v) is 5.95. The summed E-state index contributed by atoms with van der Waals surface area (Å²) in [5, 5.41) is 9.03. The molecule has 1 heterocycles. The average molecular weight is 228 g/mol. The highest BCUT2D eigenvalue weighted by molar-refractivity contribution is 7.80. The monoisotopic (exact) mass is 228 g/mol. The van der Waals surface area contributed by atoms with E-state index in [1.54, 1.807) is 11.3 Å². The van der Waals surface area contributed by atoms with Crippen LogP contribution < -0.4 is 10.6 Å². The lowest BCUT2D eigenvalue weighted by Crippen LogP contribution is -2.37. The van der Waals surface area contributed by atoms with Gasteiger partial charge in [0.05, 0.1) is 6.04 Å².